The summed E-state index contributed by atoms with van der Waals surface area (Å²) in [6, 6.07) is 4.56. The number of nitrogens with zero attached hydrogens (tertiary/aromatic N) is 1. The van der Waals surface area contributed by atoms with E-state index in [1.807, 2.05) is 0 Å². The predicted octanol–water partition coefficient (Wildman–Crippen LogP) is 2.35. The molecule has 6 heteroatoms. The molecule has 0 radical (unpaired) electrons. The summed E-state index contributed by atoms with van der Waals surface area (Å²) in [6.07, 6.45) is 3.44. The van der Waals surface area contributed by atoms with E-state index in [9.17, 15) is 14.9 Å². The Bertz CT molecular complexity index is 566. The number of benzene rings is 1. The molecule has 2 aliphatic carbocycles. The van der Waals surface area contributed by atoms with E-state index in [0.29, 0.717) is 22.7 Å². The normalized spacial score (nSPS) is 21.8. The monoisotopic (exact) mass is 262 g/mol. The van der Waals surface area contributed by atoms with Gasteiger partial charge in [-0.3, -0.25) is 10.1 Å². The fourth-order valence-corrected chi connectivity index (χ4v) is 2.51. The van der Waals surface area contributed by atoms with Crippen LogP contribution in [0.1, 0.15) is 29.6 Å². The van der Waals surface area contributed by atoms with Crippen molar-refractivity contribution in [1.82, 2.24) is 0 Å². The molecule has 0 saturated heterocycles. The van der Waals surface area contributed by atoms with Gasteiger partial charge in [-0.2, -0.15) is 0 Å². The molecule has 1 aromatic rings. The van der Waals surface area contributed by atoms with Crippen LogP contribution in [-0.2, 0) is 4.74 Å². The van der Waals surface area contributed by atoms with Gasteiger partial charge < -0.3 is 10.1 Å². The Kier molecular flexibility index (Phi) is 2.48. The number of ether oxygens (including phenoxy) is 1. The van der Waals surface area contributed by atoms with Crippen molar-refractivity contribution in [2.45, 2.75) is 25.3 Å². The van der Waals surface area contributed by atoms with Gasteiger partial charge in [-0.15, -0.1) is 0 Å². The average Bonchev–Trinajstić information content (AvgIpc) is 3.30. The highest BCUT2D eigenvalue weighted by molar-refractivity contribution is 5.91. The van der Waals surface area contributed by atoms with Crippen LogP contribution in [0.25, 0.3) is 0 Å². The zero-order chi connectivity index (χ0) is 13.6. The van der Waals surface area contributed by atoms with Crippen LogP contribution in [0.2, 0.25) is 0 Å². The van der Waals surface area contributed by atoms with Crippen molar-refractivity contribution >= 4 is 17.3 Å². The Hall–Kier alpha value is -2.11. The quantitative estimate of drug-likeness (QED) is 0.511. The third-order valence-electron chi connectivity index (χ3n) is 4.03. The van der Waals surface area contributed by atoms with Crippen molar-refractivity contribution in [1.29, 1.82) is 0 Å². The van der Waals surface area contributed by atoms with Gasteiger partial charge in [-0.1, -0.05) is 0 Å². The standard InChI is InChI=1S/C13H14N2O4/c1-19-12(16)8-2-3-10(15(17)18)9(6-8)14-11-7-13(11)4-5-13/h2-3,6,11,14H,4-5,7H2,1H3. The molecule has 3 rings (SSSR count). The van der Waals surface area contributed by atoms with E-state index in [4.69, 9.17) is 0 Å². The Morgan fingerprint density at radius 2 is 2.26 bits per heavy atom. The number of carbonyl (C=O) groups is 1. The highest BCUT2D eigenvalue weighted by atomic mass is 16.6. The van der Waals surface area contributed by atoms with Crippen molar-refractivity contribution in [2.24, 2.45) is 5.41 Å². The SMILES string of the molecule is COC(=O)c1ccc([N+](=O)[O-])c(NC2CC23CC3)c1. The van der Waals surface area contributed by atoms with E-state index in [0.717, 1.165) is 6.42 Å². The summed E-state index contributed by atoms with van der Waals surface area (Å²) in [7, 11) is 1.29. The molecular weight excluding hydrogens is 248 g/mol. The largest absolute Gasteiger partial charge is 0.465 e. The highest BCUT2D eigenvalue weighted by Crippen LogP contribution is 2.66. The van der Waals surface area contributed by atoms with Gasteiger partial charge in [-0.05, 0) is 36.8 Å². The lowest BCUT2D eigenvalue weighted by atomic mass is 10.1. The molecule has 100 valence electrons. The van der Waals surface area contributed by atoms with E-state index >= 15 is 0 Å². The number of hydrogen-bond donors (Lipinski definition) is 1. The van der Waals surface area contributed by atoms with E-state index in [1.54, 1.807) is 0 Å². The number of rotatable bonds is 4. The first kappa shape index (κ1) is 12.0. The third-order valence-corrected chi connectivity index (χ3v) is 4.03. The molecule has 1 N–H and O–H groups in total. The molecule has 0 heterocycles. The molecule has 19 heavy (non-hydrogen) atoms. The number of anilines is 1. The maximum Gasteiger partial charge on any atom is 0.337 e. The number of hydrogen-bond acceptors (Lipinski definition) is 5. The fraction of sp³-hybridized carbons (Fsp3) is 0.462. The van der Waals surface area contributed by atoms with Crippen LogP contribution in [0.5, 0.6) is 0 Å². The maximum absolute atomic E-state index is 11.5. The molecule has 1 atom stereocenters. The Balaban J connectivity index is 1.88. The number of methoxy groups -OCH3 is 1. The fourth-order valence-electron chi connectivity index (χ4n) is 2.51. The second-order valence-electron chi connectivity index (χ2n) is 5.24. The number of nitrogens with one attached hydrogen (secondary N) is 1. The summed E-state index contributed by atoms with van der Waals surface area (Å²) in [5.41, 5.74) is 1.10. The smallest absolute Gasteiger partial charge is 0.337 e. The Morgan fingerprint density at radius 1 is 1.53 bits per heavy atom. The third kappa shape index (κ3) is 2.03. The predicted molar refractivity (Wildman–Crippen MR) is 68.1 cm³/mol. The van der Waals surface area contributed by atoms with Gasteiger partial charge in [0.2, 0.25) is 0 Å². The van der Waals surface area contributed by atoms with Crippen molar-refractivity contribution in [3.05, 3.63) is 33.9 Å². The summed E-state index contributed by atoms with van der Waals surface area (Å²) >= 11 is 0. The van der Waals surface area contributed by atoms with Gasteiger partial charge in [0.05, 0.1) is 17.6 Å². The lowest BCUT2D eigenvalue weighted by Gasteiger charge is -2.08. The lowest BCUT2D eigenvalue weighted by molar-refractivity contribution is -0.384. The molecule has 1 spiro atoms. The first-order chi connectivity index (χ1) is 9.05. The topological polar surface area (TPSA) is 81.5 Å². The van der Waals surface area contributed by atoms with Gasteiger partial charge in [0.15, 0.2) is 0 Å². The molecule has 1 aromatic carbocycles. The van der Waals surface area contributed by atoms with E-state index in [1.165, 1.54) is 38.2 Å². The lowest BCUT2D eigenvalue weighted by Crippen LogP contribution is -2.09. The van der Waals surface area contributed by atoms with Gasteiger partial charge in [0, 0.05) is 12.1 Å². The van der Waals surface area contributed by atoms with Crippen LogP contribution in [0.4, 0.5) is 11.4 Å². The van der Waals surface area contributed by atoms with Crippen molar-refractivity contribution in [2.75, 3.05) is 12.4 Å². The second kappa shape index (κ2) is 3.94. The number of nitro groups is 1. The summed E-state index contributed by atoms with van der Waals surface area (Å²) < 4.78 is 4.63. The molecule has 0 aromatic heterocycles. The molecule has 2 aliphatic rings. The second-order valence-corrected chi connectivity index (χ2v) is 5.24. The summed E-state index contributed by atoms with van der Waals surface area (Å²) in [6.45, 7) is 0. The molecule has 0 aliphatic heterocycles. The van der Waals surface area contributed by atoms with Crippen LogP contribution in [0, 0.1) is 15.5 Å². The van der Waals surface area contributed by atoms with Crippen LogP contribution < -0.4 is 5.32 Å². The minimum atomic E-state index is -0.491. The zero-order valence-corrected chi connectivity index (χ0v) is 10.5. The van der Waals surface area contributed by atoms with Gasteiger partial charge in [0.25, 0.3) is 5.69 Å². The maximum atomic E-state index is 11.5. The minimum absolute atomic E-state index is 0.00430. The van der Waals surface area contributed by atoms with Crippen LogP contribution in [0.3, 0.4) is 0 Å². The van der Waals surface area contributed by atoms with E-state index < -0.39 is 10.9 Å². The first-order valence-corrected chi connectivity index (χ1v) is 6.19. The molecule has 0 amide bonds. The minimum Gasteiger partial charge on any atom is -0.465 e. The number of nitro benzene ring substituents is 1. The highest BCUT2D eigenvalue weighted by Gasteiger charge is 2.63. The molecule has 1 unspecified atom stereocenters. The zero-order valence-electron chi connectivity index (χ0n) is 10.5. The average molecular weight is 262 g/mol. The molecule has 6 nitrogen and oxygen atoms in total. The van der Waals surface area contributed by atoms with Gasteiger partial charge in [-0.25, -0.2) is 4.79 Å². The van der Waals surface area contributed by atoms with Crippen molar-refractivity contribution < 1.29 is 14.5 Å². The van der Waals surface area contributed by atoms with Gasteiger partial charge in [0.1, 0.15) is 5.69 Å². The molecular formula is C13H14N2O4. The summed E-state index contributed by atoms with van der Waals surface area (Å²) in [5, 5.41) is 14.2. The Labute approximate surface area is 109 Å². The van der Waals surface area contributed by atoms with Crippen molar-refractivity contribution in [3.8, 4) is 0 Å². The van der Waals surface area contributed by atoms with Gasteiger partial charge >= 0.3 is 5.97 Å². The molecule has 0 bridgehead atoms. The Morgan fingerprint density at radius 3 is 2.79 bits per heavy atom. The van der Waals surface area contributed by atoms with Crippen LogP contribution in [0.15, 0.2) is 18.2 Å². The van der Waals surface area contributed by atoms with Crippen molar-refractivity contribution in [3.63, 3.8) is 0 Å². The van der Waals surface area contributed by atoms with Crippen LogP contribution >= 0.6 is 0 Å². The van der Waals surface area contributed by atoms with Crippen LogP contribution in [-0.4, -0.2) is 24.0 Å². The molecule has 2 fully saturated rings. The number of carbonyl (C=O) groups excluding carboxylic acids is 1. The first-order valence-electron chi connectivity index (χ1n) is 6.19. The summed E-state index contributed by atoms with van der Waals surface area (Å²) in [5.74, 6) is -0.491. The van der Waals surface area contributed by atoms with E-state index in [-0.39, 0.29) is 5.69 Å². The summed E-state index contributed by atoms with van der Waals surface area (Å²) in [4.78, 5) is 22.0. The molecule has 2 saturated carbocycles. The number of esters is 1. The van der Waals surface area contributed by atoms with E-state index in [2.05, 4.69) is 10.1 Å².